The molecule has 0 N–H and O–H groups in total. The summed E-state index contributed by atoms with van der Waals surface area (Å²) in [7, 11) is 0. The molecule has 4 aliphatic rings. The van der Waals surface area contributed by atoms with E-state index in [1.54, 1.807) is 0 Å². The summed E-state index contributed by atoms with van der Waals surface area (Å²) in [5.41, 5.74) is 28.6. The summed E-state index contributed by atoms with van der Waals surface area (Å²) in [6.45, 7) is 0. The van der Waals surface area contributed by atoms with E-state index < -0.39 is 0 Å². The maximum absolute atomic E-state index is 2.49. The molecule has 11 aromatic rings. The highest BCUT2D eigenvalue weighted by Gasteiger charge is 2.48. The molecule has 0 bridgehead atoms. The highest BCUT2D eigenvalue weighted by Crippen LogP contribution is 2.58. The molecule has 0 atom stereocenters. The first kappa shape index (κ1) is 42.7. The molecule has 0 amide bonds. The minimum Gasteiger partial charge on any atom is -0.310 e. The first-order chi connectivity index (χ1) is 36.6. The summed E-state index contributed by atoms with van der Waals surface area (Å²) in [6, 6.07) is 99.6. The van der Waals surface area contributed by atoms with Crippen LogP contribution in [0.1, 0.15) is 44.5 Å². The van der Waals surface area contributed by atoms with Gasteiger partial charge in [0.2, 0.25) is 0 Å². The van der Waals surface area contributed by atoms with Crippen molar-refractivity contribution in [1.29, 1.82) is 0 Å². The standard InChI is InChI=1S/C72H52N2/c1-3-19-57(20-4-1)73(61-39-41-65-63-23-11-13-25-67(63)71(69(65)43-61)45-53-15-7-8-16-54(53)46-71)59-35-31-51(32-36-59)49-27-29-50(30-28-49)52-33-37-60(38-34-52)74(58-21-5-2-6-22-58)62-40-42-66-64-24-12-14-26-68(64)72(70(66)44-62)47-55-17-9-10-18-56(55)48-72/h1-44H,45-48H2. The van der Waals surface area contributed by atoms with Gasteiger partial charge in [-0.05, 0) is 187 Å². The molecule has 0 saturated heterocycles. The van der Waals surface area contributed by atoms with Gasteiger partial charge < -0.3 is 9.80 Å². The quantitative estimate of drug-likeness (QED) is 0.150. The predicted molar refractivity (Wildman–Crippen MR) is 307 cm³/mol. The van der Waals surface area contributed by atoms with Gasteiger partial charge in [-0.3, -0.25) is 0 Å². The van der Waals surface area contributed by atoms with E-state index in [4.69, 9.17) is 0 Å². The monoisotopic (exact) mass is 944 g/mol. The van der Waals surface area contributed by atoms with Crippen LogP contribution in [-0.2, 0) is 36.5 Å². The number of nitrogens with zero attached hydrogens (tertiary/aromatic N) is 2. The lowest BCUT2D eigenvalue weighted by Crippen LogP contribution is -2.26. The van der Waals surface area contributed by atoms with Gasteiger partial charge in [-0.25, -0.2) is 0 Å². The Kier molecular flexibility index (Phi) is 9.69. The maximum Gasteiger partial charge on any atom is 0.0465 e. The molecule has 0 fully saturated rings. The van der Waals surface area contributed by atoms with E-state index in [-0.39, 0.29) is 10.8 Å². The Morgan fingerprint density at radius 2 is 0.486 bits per heavy atom. The normalized spacial score (nSPS) is 14.5. The number of benzene rings is 11. The molecule has 0 aliphatic heterocycles. The van der Waals surface area contributed by atoms with E-state index in [0.29, 0.717) is 0 Å². The second-order valence-electron chi connectivity index (χ2n) is 21.0. The summed E-state index contributed by atoms with van der Waals surface area (Å²) in [5.74, 6) is 0. The topological polar surface area (TPSA) is 6.48 Å². The summed E-state index contributed by atoms with van der Waals surface area (Å²) >= 11 is 0. The molecule has 0 aromatic heterocycles. The van der Waals surface area contributed by atoms with Crippen molar-refractivity contribution in [2.45, 2.75) is 36.5 Å². The van der Waals surface area contributed by atoms with Gasteiger partial charge >= 0.3 is 0 Å². The molecule has 74 heavy (non-hydrogen) atoms. The van der Waals surface area contributed by atoms with Crippen molar-refractivity contribution in [3.8, 4) is 44.5 Å². The number of hydrogen-bond acceptors (Lipinski definition) is 2. The van der Waals surface area contributed by atoms with Crippen LogP contribution >= 0.6 is 0 Å². The van der Waals surface area contributed by atoms with Crippen molar-refractivity contribution < 1.29 is 0 Å². The van der Waals surface area contributed by atoms with Gasteiger partial charge in [0.1, 0.15) is 0 Å². The van der Waals surface area contributed by atoms with Gasteiger partial charge in [-0.2, -0.15) is 0 Å². The molecule has 15 rings (SSSR count). The average molecular weight is 945 g/mol. The average Bonchev–Trinajstić information content (AvgIpc) is 4.22. The van der Waals surface area contributed by atoms with Gasteiger partial charge in [0, 0.05) is 45.0 Å². The molecular formula is C72H52N2. The fourth-order valence-corrected chi connectivity index (χ4v) is 13.7. The van der Waals surface area contributed by atoms with Crippen LogP contribution in [0.15, 0.2) is 267 Å². The van der Waals surface area contributed by atoms with Gasteiger partial charge in [-0.15, -0.1) is 0 Å². The van der Waals surface area contributed by atoms with E-state index >= 15 is 0 Å². The van der Waals surface area contributed by atoms with Crippen LogP contribution in [0.25, 0.3) is 44.5 Å². The van der Waals surface area contributed by atoms with Crippen LogP contribution in [0, 0.1) is 0 Å². The van der Waals surface area contributed by atoms with Gasteiger partial charge in [-0.1, -0.05) is 194 Å². The molecule has 11 aromatic carbocycles. The Morgan fingerprint density at radius 1 is 0.216 bits per heavy atom. The van der Waals surface area contributed by atoms with Crippen LogP contribution in [0.4, 0.5) is 34.1 Å². The van der Waals surface area contributed by atoms with Gasteiger partial charge in [0.15, 0.2) is 0 Å². The predicted octanol–water partition coefficient (Wildman–Crippen LogP) is 18.1. The highest BCUT2D eigenvalue weighted by molar-refractivity contribution is 5.89. The van der Waals surface area contributed by atoms with Crippen LogP contribution in [0.2, 0.25) is 0 Å². The number of anilines is 6. The third kappa shape index (κ3) is 6.64. The van der Waals surface area contributed by atoms with Crippen LogP contribution in [0.5, 0.6) is 0 Å². The number of fused-ring (bicyclic) bond motifs is 12. The van der Waals surface area contributed by atoms with E-state index in [2.05, 4.69) is 277 Å². The first-order valence-corrected chi connectivity index (χ1v) is 26.2. The molecule has 0 heterocycles. The summed E-state index contributed by atoms with van der Waals surface area (Å²) < 4.78 is 0. The van der Waals surface area contributed by atoms with Crippen molar-refractivity contribution in [3.05, 3.63) is 311 Å². The lowest BCUT2D eigenvalue weighted by molar-refractivity contribution is 0.563. The fraction of sp³-hybridized carbons (Fsp3) is 0.0833. The Hall–Kier alpha value is -8.98. The number of hydrogen-bond donors (Lipinski definition) is 0. The molecular weight excluding hydrogens is 893 g/mol. The summed E-state index contributed by atoms with van der Waals surface area (Å²) in [5, 5.41) is 0. The maximum atomic E-state index is 2.49. The first-order valence-electron chi connectivity index (χ1n) is 26.2. The Labute approximate surface area is 434 Å². The van der Waals surface area contributed by atoms with Crippen molar-refractivity contribution in [1.82, 2.24) is 0 Å². The Morgan fingerprint density at radius 3 is 0.851 bits per heavy atom. The van der Waals surface area contributed by atoms with Crippen molar-refractivity contribution in [2.75, 3.05) is 9.80 Å². The fourth-order valence-electron chi connectivity index (χ4n) is 13.7. The van der Waals surface area contributed by atoms with Crippen molar-refractivity contribution in [3.63, 3.8) is 0 Å². The summed E-state index contributed by atoms with van der Waals surface area (Å²) in [4.78, 5) is 4.84. The summed E-state index contributed by atoms with van der Waals surface area (Å²) in [6.07, 6.45) is 4.10. The lowest BCUT2D eigenvalue weighted by Gasteiger charge is -2.30. The third-order valence-corrected chi connectivity index (χ3v) is 17.1. The highest BCUT2D eigenvalue weighted by atomic mass is 15.1. The molecule has 350 valence electrons. The molecule has 2 heteroatoms. The SMILES string of the molecule is c1ccc(N(c2ccc(-c3ccc(-c4ccc(N(c5ccccc5)c5ccc6c(c5)C5(Cc7ccccc7C5)c5ccccc5-6)cc4)cc3)cc2)c2ccc3c(c2)C2(Cc4ccccc4C2)c2ccccc2-3)cc1. The Bertz CT molecular complexity index is 3640. The smallest absolute Gasteiger partial charge is 0.0465 e. The van der Waals surface area contributed by atoms with E-state index in [1.807, 2.05) is 0 Å². The zero-order valence-electron chi connectivity index (χ0n) is 41.1. The molecule has 2 nitrogen and oxygen atoms in total. The number of rotatable bonds is 8. The zero-order valence-corrected chi connectivity index (χ0v) is 41.1. The zero-order chi connectivity index (χ0) is 48.8. The lowest BCUT2D eigenvalue weighted by atomic mass is 9.75. The second-order valence-corrected chi connectivity index (χ2v) is 21.0. The van der Waals surface area contributed by atoms with E-state index in [1.165, 1.54) is 100 Å². The third-order valence-electron chi connectivity index (χ3n) is 17.1. The van der Waals surface area contributed by atoms with Crippen LogP contribution in [-0.4, -0.2) is 0 Å². The van der Waals surface area contributed by atoms with Crippen molar-refractivity contribution >= 4 is 34.1 Å². The molecule has 2 spiro atoms. The number of para-hydroxylation sites is 2. The van der Waals surface area contributed by atoms with Crippen molar-refractivity contribution in [2.24, 2.45) is 0 Å². The Balaban J connectivity index is 0.722. The minimum atomic E-state index is -0.0710. The molecule has 0 unspecified atom stereocenters. The van der Waals surface area contributed by atoms with Crippen LogP contribution in [0.3, 0.4) is 0 Å². The van der Waals surface area contributed by atoms with E-state index in [0.717, 1.165) is 48.4 Å². The second kappa shape index (κ2) is 16.8. The molecule has 0 saturated carbocycles. The molecule has 4 aliphatic carbocycles. The largest absolute Gasteiger partial charge is 0.310 e. The minimum absolute atomic E-state index is 0.0710. The van der Waals surface area contributed by atoms with E-state index in [9.17, 15) is 0 Å². The van der Waals surface area contributed by atoms with Gasteiger partial charge in [0.25, 0.3) is 0 Å². The molecule has 0 radical (unpaired) electrons. The van der Waals surface area contributed by atoms with Gasteiger partial charge in [0.05, 0.1) is 0 Å². The van der Waals surface area contributed by atoms with Crippen LogP contribution < -0.4 is 9.80 Å².